The first-order valence-electron chi connectivity index (χ1n) is 6.77. The molecular weight excluding hydrogens is 242 g/mol. The van der Waals surface area contributed by atoms with Gasteiger partial charge in [0.05, 0.1) is 31.9 Å². The van der Waals surface area contributed by atoms with Crippen molar-refractivity contribution in [2.75, 3.05) is 20.8 Å². The van der Waals surface area contributed by atoms with Crippen molar-refractivity contribution in [2.24, 2.45) is 5.73 Å². The number of hydrogen-bond acceptors (Lipinski definition) is 4. The number of benzene rings is 1. The third kappa shape index (κ3) is 3.85. The summed E-state index contributed by atoms with van der Waals surface area (Å²) in [7, 11) is 3.28. The molecule has 0 aromatic heterocycles. The summed E-state index contributed by atoms with van der Waals surface area (Å²) in [5.41, 5.74) is 7.25. The molecule has 0 aliphatic heterocycles. The highest BCUT2D eigenvalue weighted by Crippen LogP contribution is 2.35. The molecule has 2 atom stereocenters. The maximum absolute atomic E-state index is 6.38. The molecule has 0 saturated carbocycles. The molecule has 0 bridgehead atoms. The predicted octanol–water partition coefficient (Wildman–Crippen LogP) is 2.91. The standard InChI is InChI=1S/C15H25NO3/c1-5-8-13(19-6-2)15(16)14-11(17-3)9-7-10-12(14)18-4/h7,9-10,13,15H,5-6,8,16H2,1-4H3. The Balaban J connectivity index is 3.10. The number of ether oxygens (including phenoxy) is 3. The second-order valence-corrected chi connectivity index (χ2v) is 4.38. The van der Waals surface area contributed by atoms with Gasteiger partial charge in [0, 0.05) is 6.61 Å². The Labute approximate surface area is 115 Å². The van der Waals surface area contributed by atoms with Crippen LogP contribution in [-0.4, -0.2) is 26.9 Å². The van der Waals surface area contributed by atoms with Gasteiger partial charge in [-0.3, -0.25) is 0 Å². The number of rotatable bonds is 8. The molecule has 4 nitrogen and oxygen atoms in total. The summed E-state index contributed by atoms with van der Waals surface area (Å²) in [6, 6.07) is 5.42. The molecule has 1 aromatic rings. The van der Waals surface area contributed by atoms with Crippen LogP contribution in [0.4, 0.5) is 0 Å². The van der Waals surface area contributed by atoms with Gasteiger partial charge >= 0.3 is 0 Å². The maximum Gasteiger partial charge on any atom is 0.127 e. The van der Waals surface area contributed by atoms with Gasteiger partial charge in [0.15, 0.2) is 0 Å². The molecule has 0 saturated heterocycles. The molecular formula is C15H25NO3. The van der Waals surface area contributed by atoms with Gasteiger partial charge in [0.1, 0.15) is 11.5 Å². The van der Waals surface area contributed by atoms with E-state index in [9.17, 15) is 0 Å². The Kier molecular flexibility index (Phi) is 6.67. The summed E-state index contributed by atoms with van der Waals surface area (Å²) in [6.07, 6.45) is 1.91. The highest BCUT2D eigenvalue weighted by Gasteiger charge is 2.25. The normalized spacial score (nSPS) is 13.9. The van der Waals surface area contributed by atoms with E-state index in [0.29, 0.717) is 6.61 Å². The van der Waals surface area contributed by atoms with Crippen molar-refractivity contribution in [2.45, 2.75) is 38.8 Å². The molecule has 4 heteroatoms. The SMILES string of the molecule is CCCC(OCC)C(N)c1c(OC)cccc1OC. The lowest BCUT2D eigenvalue weighted by atomic mass is 9.97. The van der Waals surface area contributed by atoms with Crippen molar-refractivity contribution in [1.82, 2.24) is 0 Å². The predicted molar refractivity (Wildman–Crippen MR) is 76.8 cm³/mol. The van der Waals surface area contributed by atoms with Gasteiger partial charge in [-0.25, -0.2) is 0 Å². The third-order valence-corrected chi connectivity index (χ3v) is 3.15. The van der Waals surface area contributed by atoms with Crippen LogP contribution in [0.25, 0.3) is 0 Å². The summed E-state index contributed by atoms with van der Waals surface area (Å²) >= 11 is 0. The van der Waals surface area contributed by atoms with Gasteiger partial charge in [-0.15, -0.1) is 0 Å². The van der Waals surface area contributed by atoms with E-state index in [2.05, 4.69) is 6.92 Å². The lowest BCUT2D eigenvalue weighted by Crippen LogP contribution is -2.29. The summed E-state index contributed by atoms with van der Waals surface area (Å²) in [5, 5.41) is 0. The molecule has 0 heterocycles. The Bertz CT molecular complexity index is 353. The van der Waals surface area contributed by atoms with Crippen LogP contribution in [0.1, 0.15) is 38.3 Å². The topological polar surface area (TPSA) is 53.7 Å². The molecule has 0 fully saturated rings. The van der Waals surface area contributed by atoms with E-state index < -0.39 is 0 Å². The van der Waals surface area contributed by atoms with E-state index in [1.165, 1.54) is 0 Å². The minimum Gasteiger partial charge on any atom is -0.496 e. The Hall–Kier alpha value is -1.26. The van der Waals surface area contributed by atoms with Gasteiger partial charge in [-0.05, 0) is 25.5 Å². The van der Waals surface area contributed by atoms with E-state index >= 15 is 0 Å². The number of nitrogens with two attached hydrogens (primary N) is 1. The second kappa shape index (κ2) is 8.02. The van der Waals surface area contributed by atoms with Crippen molar-refractivity contribution in [3.05, 3.63) is 23.8 Å². The van der Waals surface area contributed by atoms with Crippen molar-refractivity contribution < 1.29 is 14.2 Å². The summed E-state index contributed by atoms with van der Waals surface area (Å²) in [6.45, 7) is 4.75. The first kappa shape index (κ1) is 15.8. The summed E-state index contributed by atoms with van der Waals surface area (Å²) < 4.78 is 16.6. The lowest BCUT2D eigenvalue weighted by Gasteiger charge is -2.26. The zero-order valence-corrected chi connectivity index (χ0v) is 12.3. The van der Waals surface area contributed by atoms with E-state index in [4.69, 9.17) is 19.9 Å². The molecule has 0 spiro atoms. The zero-order chi connectivity index (χ0) is 14.3. The average Bonchev–Trinajstić information content (AvgIpc) is 2.45. The Morgan fingerprint density at radius 2 is 1.68 bits per heavy atom. The van der Waals surface area contributed by atoms with Crippen LogP contribution in [-0.2, 0) is 4.74 Å². The van der Waals surface area contributed by atoms with E-state index in [1.807, 2.05) is 25.1 Å². The van der Waals surface area contributed by atoms with Gasteiger partial charge in [-0.2, -0.15) is 0 Å². The van der Waals surface area contributed by atoms with Crippen molar-refractivity contribution >= 4 is 0 Å². The highest BCUT2D eigenvalue weighted by molar-refractivity contribution is 5.47. The minimum atomic E-state index is -0.258. The second-order valence-electron chi connectivity index (χ2n) is 4.38. The van der Waals surface area contributed by atoms with Crippen LogP contribution in [0.2, 0.25) is 0 Å². The first-order valence-corrected chi connectivity index (χ1v) is 6.77. The molecule has 19 heavy (non-hydrogen) atoms. The minimum absolute atomic E-state index is 0.0276. The Morgan fingerprint density at radius 1 is 1.11 bits per heavy atom. The Morgan fingerprint density at radius 3 is 2.11 bits per heavy atom. The third-order valence-electron chi connectivity index (χ3n) is 3.15. The van der Waals surface area contributed by atoms with E-state index in [1.54, 1.807) is 14.2 Å². The molecule has 108 valence electrons. The van der Waals surface area contributed by atoms with Gasteiger partial charge < -0.3 is 19.9 Å². The van der Waals surface area contributed by atoms with Gasteiger partial charge in [-0.1, -0.05) is 19.4 Å². The van der Waals surface area contributed by atoms with Crippen LogP contribution < -0.4 is 15.2 Å². The number of methoxy groups -OCH3 is 2. The van der Waals surface area contributed by atoms with Gasteiger partial charge in [0.25, 0.3) is 0 Å². The van der Waals surface area contributed by atoms with Crippen LogP contribution in [0, 0.1) is 0 Å². The molecule has 0 aliphatic carbocycles. The molecule has 2 unspecified atom stereocenters. The van der Waals surface area contributed by atoms with Gasteiger partial charge in [0.2, 0.25) is 0 Å². The van der Waals surface area contributed by atoms with Crippen LogP contribution in [0.15, 0.2) is 18.2 Å². The van der Waals surface area contributed by atoms with E-state index in [-0.39, 0.29) is 12.1 Å². The highest BCUT2D eigenvalue weighted by atomic mass is 16.5. The molecule has 0 aliphatic rings. The zero-order valence-electron chi connectivity index (χ0n) is 12.3. The van der Waals surface area contributed by atoms with Crippen molar-refractivity contribution in [1.29, 1.82) is 0 Å². The monoisotopic (exact) mass is 267 g/mol. The van der Waals surface area contributed by atoms with Crippen LogP contribution in [0.5, 0.6) is 11.5 Å². The molecule has 0 radical (unpaired) electrons. The molecule has 1 aromatic carbocycles. The average molecular weight is 267 g/mol. The van der Waals surface area contributed by atoms with Crippen LogP contribution in [0.3, 0.4) is 0 Å². The van der Waals surface area contributed by atoms with Crippen LogP contribution >= 0.6 is 0 Å². The van der Waals surface area contributed by atoms with E-state index in [0.717, 1.165) is 29.9 Å². The molecule has 1 rings (SSSR count). The number of hydrogen-bond donors (Lipinski definition) is 1. The molecule has 2 N–H and O–H groups in total. The first-order chi connectivity index (χ1) is 9.19. The fourth-order valence-corrected chi connectivity index (χ4v) is 2.26. The molecule has 0 amide bonds. The smallest absolute Gasteiger partial charge is 0.127 e. The van der Waals surface area contributed by atoms with Crippen molar-refractivity contribution in [3.63, 3.8) is 0 Å². The fraction of sp³-hybridized carbons (Fsp3) is 0.600. The maximum atomic E-state index is 6.38. The van der Waals surface area contributed by atoms with Crippen molar-refractivity contribution in [3.8, 4) is 11.5 Å². The summed E-state index contributed by atoms with van der Waals surface area (Å²) in [4.78, 5) is 0. The lowest BCUT2D eigenvalue weighted by molar-refractivity contribution is 0.0363. The largest absolute Gasteiger partial charge is 0.496 e. The quantitative estimate of drug-likeness (QED) is 0.787. The summed E-state index contributed by atoms with van der Waals surface area (Å²) in [5.74, 6) is 1.49. The fourth-order valence-electron chi connectivity index (χ4n) is 2.26.